The zero-order chi connectivity index (χ0) is 24.3. The number of ether oxygens (including phenoxy) is 2. The zero-order valence-corrected chi connectivity index (χ0v) is 19.4. The molecule has 7 nitrogen and oxygen atoms in total. The Hall–Kier alpha value is -3.79. The second kappa shape index (κ2) is 12.3. The van der Waals surface area contributed by atoms with Gasteiger partial charge < -0.3 is 20.1 Å². The van der Waals surface area contributed by atoms with E-state index in [1.54, 1.807) is 20.8 Å². The van der Waals surface area contributed by atoms with E-state index in [2.05, 4.69) is 22.5 Å². The number of benzene rings is 2. The lowest BCUT2D eigenvalue weighted by Gasteiger charge is -2.24. The number of hydrogen-bond acceptors (Lipinski definition) is 5. The van der Waals surface area contributed by atoms with Gasteiger partial charge in [0.2, 0.25) is 5.91 Å². The SMILES string of the molecule is COC(=O)[C@@H](CC#Cc1ccccc1)NC(=O)[C@@H](Cc1ccccc1)NC(=O)OC(C)(C)C. The monoisotopic (exact) mass is 450 g/mol. The van der Waals surface area contributed by atoms with E-state index in [0.29, 0.717) is 0 Å². The Labute approximate surface area is 194 Å². The van der Waals surface area contributed by atoms with Crippen LogP contribution in [-0.2, 0) is 25.5 Å². The van der Waals surface area contributed by atoms with Crippen LogP contribution in [-0.4, -0.2) is 42.8 Å². The predicted octanol–water partition coefficient (Wildman–Crippen LogP) is 3.22. The molecule has 0 aliphatic rings. The first-order valence-electron chi connectivity index (χ1n) is 10.6. The first kappa shape index (κ1) is 25.5. The molecule has 0 spiro atoms. The van der Waals surface area contributed by atoms with E-state index in [-0.39, 0.29) is 12.8 Å². The summed E-state index contributed by atoms with van der Waals surface area (Å²) in [5, 5.41) is 5.26. The minimum Gasteiger partial charge on any atom is -0.467 e. The lowest BCUT2D eigenvalue weighted by atomic mass is 10.0. The van der Waals surface area contributed by atoms with E-state index in [1.165, 1.54) is 7.11 Å². The van der Waals surface area contributed by atoms with Crippen LogP contribution in [0.3, 0.4) is 0 Å². The van der Waals surface area contributed by atoms with Gasteiger partial charge in [-0.1, -0.05) is 60.4 Å². The molecule has 0 unspecified atom stereocenters. The zero-order valence-electron chi connectivity index (χ0n) is 19.4. The number of alkyl carbamates (subject to hydrolysis) is 1. The second-order valence-electron chi connectivity index (χ2n) is 8.34. The van der Waals surface area contributed by atoms with Crippen molar-refractivity contribution in [2.24, 2.45) is 0 Å². The summed E-state index contributed by atoms with van der Waals surface area (Å²) in [6, 6.07) is 16.6. The van der Waals surface area contributed by atoms with Crippen LogP contribution >= 0.6 is 0 Å². The number of amides is 2. The summed E-state index contributed by atoms with van der Waals surface area (Å²) in [7, 11) is 1.24. The van der Waals surface area contributed by atoms with Crippen LogP contribution in [0.5, 0.6) is 0 Å². The molecule has 0 fully saturated rings. The first-order chi connectivity index (χ1) is 15.7. The summed E-state index contributed by atoms with van der Waals surface area (Å²) >= 11 is 0. The van der Waals surface area contributed by atoms with Crippen molar-refractivity contribution in [3.8, 4) is 11.8 Å². The Morgan fingerprint density at radius 3 is 2.09 bits per heavy atom. The minimum atomic E-state index is -0.988. The average molecular weight is 451 g/mol. The van der Waals surface area contributed by atoms with Gasteiger partial charge >= 0.3 is 12.1 Å². The van der Waals surface area contributed by atoms with Gasteiger partial charge in [-0.05, 0) is 38.5 Å². The van der Waals surface area contributed by atoms with E-state index in [4.69, 9.17) is 9.47 Å². The summed E-state index contributed by atoms with van der Waals surface area (Å²) in [6.45, 7) is 5.20. The van der Waals surface area contributed by atoms with E-state index in [1.807, 2.05) is 60.7 Å². The van der Waals surface area contributed by atoms with E-state index in [9.17, 15) is 14.4 Å². The third-order valence-corrected chi connectivity index (χ3v) is 4.40. The van der Waals surface area contributed by atoms with Gasteiger partial charge in [0, 0.05) is 18.4 Å². The van der Waals surface area contributed by atoms with Crippen molar-refractivity contribution in [3.63, 3.8) is 0 Å². The van der Waals surface area contributed by atoms with Crippen molar-refractivity contribution in [2.75, 3.05) is 7.11 Å². The van der Waals surface area contributed by atoms with Crippen LogP contribution in [0.4, 0.5) is 4.79 Å². The smallest absolute Gasteiger partial charge is 0.408 e. The summed E-state index contributed by atoms with van der Waals surface area (Å²) in [6.07, 6.45) is -0.454. The molecule has 0 aliphatic heterocycles. The maximum absolute atomic E-state index is 13.1. The van der Waals surface area contributed by atoms with Gasteiger partial charge in [-0.3, -0.25) is 4.79 Å². The third kappa shape index (κ3) is 9.48. The number of methoxy groups -OCH3 is 1. The third-order valence-electron chi connectivity index (χ3n) is 4.40. The van der Waals surface area contributed by atoms with Gasteiger partial charge in [0.05, 0.1) is 7.11 Å². The molecule has 2 atom stereocenters. The Kier molecular flexibility index (Phi) is 9.49. The normalized spacial score (nSPS) is 12.4. The summed E-state index contributed by atoms with van der Waals surface area (Å²) in [5.74, 6) is 4.70. The quantitative estimate of drug-likeness (QED) is 0.499. The lowest BCUT2D eigenvalue weighted by Crippen LogP contribution is -2.53. The number of hydrogen-bond donors (Lipinski definition) is 2. The van der Waals surface area contributed by atoms with Gasteiger partial charge in [-0.15, -0.1) is 0 Å². The van der Waals surface area contributed by atoms with Crippen LogP contribution in [0.25, 0.3) is 0 Å². The van der Waals surface area contributed by atoms with E-state index in [0.717, 1.165) is 11.1 Å². The number of esters is 1. The Bertz CT molecular complexity index is 988. The highest BCUT2D eigenvalue weighted by Gasteiger charge is 2.28. The van der Waals surface area contributed by atoms with E-state index < -0.39 is 35.7 Å². The van der Waals surface area contributed by atoms with E-state index >= 15 is 0 Å². The van der Waals surface area contributed by atoms with Crippen molar-refractivity contribution in [3.05, 3.63) is 71.8 Å². The molecular weight excluding hydrogens is 420 g/mol. The Balaban J connectivity index is 2.15. The average Bonchev–Trinajstić information content (AvgIpc) is 2.77. The van der Waals surface area contributed by atoms with Crippen molar-refractivity contribution in [1.82, 2.24) is 10.6 Å². The molecule has 2 aromatic carbocycles. The predicted molar refractivity (Wildman–Crippen MR) is 125 cm³/mol. The molecule has 2 amide bonds. The molecule has 0 heterocycles. The molecule has 0 saturated carbocycles. The fraction of sp³-hybridized carbons (Fsp3) is 0.346. The van der Waals surface area contributed by atoms with Crippen LogP contribution in [0.1, 0.15) is 38.3 Å². The summed E-state index contributed by atoms with van der Waals surface area (Å²) in [4.78, 5) is 37.7. The molecule has 0 radical (unpaired) electrons. The van der Waals surface area contributed by atoms with Crippen molar-refractivity contribution in [1.29, 1.82) is 0 Å². The first-order valence-corrected chi connectivity index (χ1v) is 10.6. The van der Waals surface area contributed by atoms with Crippen molar-refractivity contribution in [2.45, 2.75) is 51.3 Å². The highest BCUT2D eigenvalue weighted by molar-refractivity contribution is 5.90. The topological polar surface area (TPSA) is 93.7 Å². The highest BCUT2D eigenvalue weighted by Crippen LogP contribution is 2.09. The Morgan fingerprint density at radius 1 is 0.909 bits per heavy atom. The largest absolute Gasteiger partial charge is 0.467 e. The number of carbonyl (C=O) groups excluding carboxylic acids is 3. The molecule has 0 aliphatic carbocycles. The fourth-order valence-corrected chi connectivity index (χ4v) is 2.89. The summed E-state index contributed by atoms with van der Waals surface area (Å²) < 4.78 is 10.1. The second-order valence-corrected chi connectivity index (χ2v) is 8.34. The number of rotatable bonds is 7. The highest BCUT2D eigenvalue weighted by atomic mass is 16.6. The number of nitrogens with one attached hydrogen (secondary N) is 2. The standard InChI is InChI=1S/C26H30N2O5/c1-26(2,3)33-25(31)28-22(18-20-14-9-6-10-15-20)23(29)27-21(24(30)32-4)17-11-16-19-12-7-5-8-13-19/h5-10,12-15,21-22H,17-18H2,1-4H3,(H,27,29)(H,28,31)/t21-,22-/m1/s1. The molecule has 174 valence electrons. The molecule has 33 heavy (non-hydrogen) atoms. The van der Waals surface area contributed by atoms with Crippen LogP contribution in [0, 0.1) is 11.8 Å². The maximum Gasteiger partial charge on any atom is 0.408 e. The van der Waals surface area contributed by atoms with Gasteiger partial charge in [0.15, 0.2) is 0 Å². The van der Waals surface area contributed by atoms with Crippen LogP contribution < -0.4 is 10.6 Å². The minimum absolute atomic E-state index is 0.0534. The molecule has 0 bridgehead atoms. The Morgan fingerprint density at radius 2 is 1.52 bits per heavy atom. The summed E-state index contributed by atoms with van der Waals surface area (Å²) in [5.41, 5.74) is 0.910. The van der Waals surface area contributed by atoms with Crippen molar-refractivity contribution < 1.29 is 23.9 Å². The lowest BCUT2D eigenvalue weighted by molar-refractivity contribution is -0.145. The van der Waals surface area contributed by atoms with Crippen LogP contribution in [0.15, 0.2) is 60.7 Å². The molecule has 2 rings (SSSR count). The fourth-order valence-electron chi connectivity index (χ4n) is 2.89. The van der Waals surface area contributed by atoms with Gasteiger partial charge in [0.25, 0.3) is 0 Å². The van der Waals surface area contributed by atoms with Crippen LogP contribution in [0.2, 0.25) is 0 Å². The molecule has 2 aromatic rings. The van der Waals surface area contributed by atoms with Gasteiger partial charge in [-0.25, -0.2) is 9.59 Å². The molecule has 0 saturated heterocycles. The molecule has 7 heteroatoms. The van der Waals surface area contributed by atoms with Gasteiger partial charge in [-0.2, -0.15) is 0 Å². The molecule has 2 N–H and O–H groups in total. The van der Waals surface area contributed by atoms with Gasteiger partial charge in [0.1, 0.15) is 17.7 Å². The molecule has 0 aromatic heterocycles. The molecular formula is C26H30N2O5. The number of carbonyl (C=O) groups is 3. The van der Waals surface area contributed by atoms with Crippen molar-refractivity contribution >= 4 is 18.0 Å². The maximum atomic E-state index is 13.1.